The highest BCUT2D eigenvalue weighted by atomic mass is 32.1. The van der Waals surface area contributed by atoms with Gasteiger partial charge in [0.15, 0.2) is 0 Å². The lowest BCUT2D eigenvalue weighted by atomic mass is 9.94. The van der Waals surface area contributed by atoms with Crippen LogP contribution in [0.3, 0.4) is 0 Å². The molecule has 0 aliphatic carbocycles. The van der Waals surface area contributed by atoms with Gasteiger partial charge < -0.3 is 4.90 Å². The molecule has 3 nitrogen and oxygen atoms in total. The standard InChI is InChI=1S/C28H21N3S/c29-16-23-13-14-24(15-28(23)27-12-6-10-22-9-4-5-11-26(22)27)31(19-25-17-30-20-32-25)18-21-7-2-1-3-8-21/h1-15,17,20H,18-19H2. The lowest BCUT2D eigenvalue weighted by Gasteiger charge is -2.25. The Morgan fingerprint density at radius 1 is 0.812 bits per heavy atom. The average Bonchev–Trinajstić information content (AvgIpc) is 3.37. The SMILES string of the molecule is N#Cc1ccc(N(Cc2ccccc2)Cc2cncs2)cc1-c1cccc2ccccc12. The lowest BCUT2D eigenvalue weighted by molar-refractivity contribution is 0.808. The summed E-state index contributed by atoms with van der Waals surface area (Å²) in [6.07, 6.45) is 1.93. The van der Waals surface area contributed by atoms with Gasteiger partial charge in [0, 0.05) is 28.9 Å². The molecule has 154 valence electrons. The third-order valence-electron chi connectivity index (χ3n) is 5.61. The van der Waals surface area contributed by atoms with E-state index in [1.54, 1.807) is 11.3 Å². The summed E-state index contributed by atoms with van der Waals surface area (Å²) in [5.41, 5.74) is 6.93. The molecule has 0 amide bonds. The quantitative estimate of drug-likeness (QED) is 0.289. The summed E-state index contributed by atoms with van der Waals surface area (Å²) in [5.74, 6) is 0. The highest BCUT2D eigenvalue weighted by molar-refractivity contribution is 7.09. The Morgan fingerprint density at radius 2 is 1.62 bits per heavy atom. The topological polar surface area (TPSA) is 39.9 Å². The van der Waals surface area contributed by atoms with Crippen LogP contribution in [0.5, 0.6) is 0 Å². The Morgan fingerprint density at radius 3 is 2.44 bits per heavy atom. The van der Waals surface area contributed by atoms with Gasteiger partial charge in [0.2, 0.25) is 0 Å². The minimum absolute atomic E-state index is 0.683. The summed E-state index contributed by atoms with van der Waals surface area (Å²) < 4.78 is 0. The number of aromatic nitrogens is 1. The minimum Gasteiger partial charge on any atom is -0.362 e. The molecule has 5 rings (SSSR count). The van der Waals surface area contributed by atoms with Gasteiger partial charge in [-0.2, -0.15) is 5.26 Å². The first kappa shape index (κ1) is 20.0. The van der Waals surface area contributed by atoms with E-state index in [-0.39, 0.29) is 0 Å². The van der Waals surface area contributed by atoms with Crippen molar-refractivity contribution >= 4 is 27.8 Å². The van der Waals surface area contributed by atoms with Crippen LogP contribution in [0.4, 0.5) is 5.69 Å². The minimum atomic E-state index is 0.683. The number of hydrogen-bond donors (Lipinski definition) is 0. The van der Waals surface area contributed by atoms with Gasteiger partial charge in [-0.3, -0.25) is 4.98 Å². The molecule has 0 spiro atoms. The molecule has 0 saturated heterocycles. The Hall–Kier alpha value is -3.94. The van der Waals surface area contributed by atoms with Crippen LogP contribution in [0.1, 0.15) is 16.0 Å². The summed E-state index contributed by atoms with van der Waals surface area (Å²) in [6, 6.07) is 33.6. The summed E-state index contributed by atoms with van der Waals surface area (Å²) in [6.45, 7) is 1.54. The Bertz CT molecular complexity index is 1380. The second kappa shape index (κ2) is 9.05. The first-order valence-corrected chi connectivity index (χ1v) is 11.4. The molecular formula is C28H21N3S. The molecule has 0 N–H and O–H groups in total. The van der Waals surface area contributed by atoms with E-state index in [1.165, 1.54) is 15.8 Å². The van der Waals surface area contributed by atoms with E-state index in [0.717, 1.165) is 35.3 Å². The van der Waals surface area contributed by atoms with Gasteiger partial charge in [-0.05, 0) is 40.1 Å². The van der Waals surface area contributed by atoms with Crippen molar-refractivity contribution in [1.82, 2.24) is 4.98 Å². The van der Waals surface area contributed by atoms with Gasteiger partial charge in [0.05, 0.1) is 23.7 Å². The normalized spacial score (nSPS) is 10.7. The van der Waals surface area contributed by atoms with Crippen molar-refractivity contribution in [3.8, 4) is 17.2 Å². The summed E-state index contributed by atoms with van der Waals surface area (Å²) in [7, 11) is 0. The predicted molar refractivity (Wildman–Crippen MR) is 133 cm³/mol. The third kappa shape index (κ3) is 4.12. The summed E-state index contributed by atoms with van der Waals surface area (Å²) in [4.78, 5) is 7.80. The molecule has 0 fully saturated rings. The van der Waals surface area contributed by atoms with Crippen molar-refractivity contribution in [2.24, 2.45) is 0 Å². The fourth-order valence-electron chi connectivity index (χ4n) is 4.06. The van der Waals surface area contributed by atoms with E-state index in [0.29, 0.717) is 5.56 Å². The number of hydrogen-bond acceptors (Lipinski definition) is 4. The van der Waals surface area contributed by atoms with Crippen molar-refractivity contribution in [3.63, 3.8) is 0 Å². The maximum Gasteiger partial charge on any atom is 0.0998 e. The van der Waals surface area contributed by atoms with E-state index < -0.39 is 0 Å². The predicted octanol–water partition coefficient (Wildman–Crippen LogP) is 7.04. The molecule has 1 aromatic heterocycles. The Kier molecular flexibility index (Phi) is 5.65. The molecule has 4 aromatic carbocycles. The number of rotatable bonds is 6. The van der Waals surface area contributed by atoms with E-state index >= 15 is 0 Å². The molecule has 0 saturated carbocycles. The summed E-state index contributed by atoms with van der Waals surface area (Å²) >= 11 is 1.66. The monoisotopic (exact) mass is 431 g/mol. The van der Waals surface area contributed by atoms with Gasteiger partial charge in [-0.15, -0.1) is 11.3 Å². The van der Waals surface area contributed by atoms with Crippen molar-refractivity contribution in [2.45, 2.75) is 13.1 Å². The highest BCUT2D eigenvalue weighted by Crippen LogP contribution is 2.34. The molecule has 5 aromatic rings. The van der Waals surface area contributed by atoms with Crippen LogP contribution in [0, 0.1) is 11.3 Å². The van der Waals surface area contributed by atoms with Crippen molar-refractivity contribution in [3.05, 3.63) is 119 Å². The summed E-state index contributed by atoms with van der Waals surface area (Å²) in [5, 5.41) is 12.2. The smallest absolute Gasteiger partial charge is 0.0998 e. The largest absolute Gasteiger partial charge is 0.362 e. The van der Waals surface area contributed by atoms with Gasteiger partial charge in [-0.25, -0.2) is 0 Å². The average molecular weight is 432 g/mol. The van der Waals surface area contributed by atoms with E-state index in [2.05, 4.69) is 82.7 Å². The fourth-order valence-corrected chi connectivity index (χ4v) is 4.67. The van der Waals surface area contributed by atoms with E-state index in [9.17, 15) is 5.26 Å². The van der Waals surface area contributed by atoms with Crippen molar-refractivity contribution in [1.29, 1.82) is 5.26 Å². The molecule has 0 atom stereocenters. The molecule has 0 radical (unpaired) electrons. The van der Waals surface area contributed by atoms with Crippen LogP contribution in [-0.4, -0.2) is 4.98 Å². The van der Waals surface area contributed by atoms with Gasteiger partial charge in [0.25, 0.3) is 0 Å². The number of nitrogens with zero attached hydrogens (tertiary/aromatic N) is 3. The molecule has 32 heavy (non-hydrogen) atoms. The molecule has 0 aliphatic rings. The first-order chi connectivity index (χ1) is 15.8. The fraction of sp³-hybridized carbons (Fsp3) is 0.0714. The molecular weight excluding hydrogens is 410 g/mol. The number of anilines is 1. The Labute approximate surface area is 191 Å². The van der Waals surface area contributed by atoms with Crippen LogP contribution in [-0.2, 0) is 13.1 Å². The zero-order valence-corrected chi connectivity index (χ0v) is 18.3. The third-order valence-corrected chi connectivity index (χ3v) is 6.38. The zero-order chi connectivity index (χ0) is 21.8. The molecule has 1 heterocycles. The molecule has 0 unspecified atom stereocenters. The first-order valence-electron chi connectivity index (χ1n) is 10.5. The molecule has 4 heteroatoms. The number of thiazole rings is 1. The second-order valence-corrected chi connectivity index (χ2v) is 8.65. The lowest BCUT2D eigenvalue weighted by Crippen LogP contribution is -2.21. The zero-order valence-electron chi connectivity index (χ0n) is 17.5. The van der Waals surface area contributed by atoms with Gasteiger partial charge >= 0.3 is 0 Å². The van der Waals surface area contributed by atoms with E-state index in [4.69, 9.17) is 0 Å². The van der Waals surface area contributed by atoms with Crippen LogP contribution in [0.25, 0.3) is 21.9 Å². The Balaban J connectivity index is 1.61. The molecule has 0 bridgehead atoms. The maximum absolute atomic E-state index is 9.85. The van der Waals surface area contributed by atoms with Crippen LogP contribution in [0.15, 0.2) is 103 Å². The van der Waals surface area contributed by atoms with E-state index in [1.807, 2.05) is 36.0 Å². The number of nitriles is 1. The number of benzene rings is 4. The highest BCUT2D eigenvalue weighted by Gasteiger charge is 2.15. The second-order valence-electron chi connectivity index (χ2n) is 7.68. The van der Waals surface area contributed by atoms with Crippen molar-refractivity contribution < 1.29 is 0 Å². The van der Waals surface area contributed by atoms with Crippen LogP contribution < -0.4 is 4.90 Å². The van der Waals surface area contributed by atoms with Crippen molar-refractivity contribution in [2.75, 3.05) is 4.90 Å². The maximum atomic E-state index is 9.85. The van der Waals surface area contributed by atoms with Crippen LogP contribution >= 0.6 is 11.3 Å². The van der Waals surface area contributed by atoms with Gasteiger partial charge in [0.1, 0.15) is 0 Å². The van der Waals surface area contributed by atoms with Crippen LogP contribution in [0.2, 0.25) is 0 Å². The number of fused-ring (bicyclic) bond motifs is 1. The molecule has 0 aliphatic heterocycles. The van der Waals surface area contributed by atoms with Gasteiger partial charge in [-0.1, -0.05) is 72.8 Å².